The van der Waals surface area contributed by atoms with Crippen molar-refractivity contribution < 1.29 is 4.79 Å². The van der Waals surface area contributed by atoms with Crippen molar-refractivity contribution in [3.63, 3.8) is 0 Å². The molecule has 1 amide bonds. The number of rotatable bonds is 10. The van der Waals surface area contributed by atoms with Crippen molar-refractivity contribution in [1.82, 2.24) is 14.9 Å². The van der Waals surface area contributed by atoms with E-state index in [-0.39, 0.29) is 12.5 Å². The number of amides is 1. The molecule has 112 valence electrons. The van der Waals surface area contributed by atoms with Gasteiger partial charge in [-0.1, -0.05) is 20.3 Å². The Morgan fingerprint density at radius 3 is 2.65 bits per heavy atom. The fraction of sp³-hybridized carbons (Fsp3) is 0.643. The summed E-state index contributed by atoms with van der Waals surface area (Å²) in [6.45, 7) is 6.82. The van der Waals surface area contributed by atoms with Crippen molar-refractivity contribution in [2.75, 3.05) is 25.0 Å². The van der Waals surface area contributed by atoms with E-state index < -0.39 is 0 Å². The lowest BCUT2D eigenvalue weighted by molar-refractivity contribution is -0.119. The minimum Gasteiger partial charge on any atom is -0.369 e. The van der Waals surface area contributed by atoms with Gasteiger partial charge >= 0.3 is 0 Å². The van der Waals surface area contributed by atoms with Gasteiger partial charge in [-0.15, -0.1) is 0 Å². The number of primary amides is 1. The highest BCUT2D eigenvalue weighted by Crippen LogP contribution is 2.05. The molecule has 3 N–H and O–H groups in total. The van der Waals surface area contributed by atoms with Crippen LogP contribution in [0.15, 0.2) is 12.4 Å². The number of nitrogens with one attached hydrogen (secondary N) is 1. The van der Waals surface area contributed by atoms with Crippen LogP contribution in [0.3, 0.4) is 0 Å². The summed E-state index contributed by atoms with van der Waals surface area (Å²) < 4.78 is 0. The average molecular weight is 279 g/mol. The van der Waals surface area contributed by atoms with Gasteiger partial charge in [0.15, 0.2) is 0 Å². The van der Waals surface area contributed by atoms with Crippen molar-refractivity contribution in [2.24, 2.45) is 5.73 Å². The molecule has 1 rings (SSSR count). The molecular formula is C14H25N5O. The predicted octanol–water partition coefficient (Wildman–Crippen LogP) is 1.39. The van der Waals surface area contributed by atoms with Gasteiger partial charge in [0.25, 0.3) is 0 Å². The summed E-state index contributed by atoms with van der Waals surface area (Å²) in [7, 11) is 0. The van der Waals surface area contributed by atoms with Crippen LogP contribution < -0.4 is 11.1 Å². The SMILES string of the molecule is CCCCN(CC(N)=O)Cc1cnc(NCCC)cn1. The fourth-order valence-electron chi connectivity index (χ4n) is 1.83. The zero-order valence-electron chi connectivity index (χ0n) is 12.4. The molecule has 0 saturated carbocycles. The number of carbonyl (C=O) groups excluding carboxylic acids is 1. The van der Waals surface area contributed by atoms with Gasteiger partial charge in [0.2, 0.25) is 5.91 Å². The number of unbranched alkanes of at least 4 members (excludes halogenated alkanes) is 1. The van der Waals surface area contributed by atoms with Gasteiger partial charge < -0.3 is 11.1 Å². The second-order valence-electron chi connectivity index (χ2n) is 4.85. The van der Waals surface area contributed by atoms with E-state index in [0.717, 1.165) is 43.9 Å². The molecule has 0 unspecified atom stereocenters. The van der Waals surface area contributed by atoms with Gasteiger partial charge in [-0.05, 0) is 19.4 Å². The molecule has 0 bridgehead atoms. The largest absolute Gasteiger partial charge is 0.369 e. The summed E-state index contributed by atoms with van der Waals surface area (Å²) in [5, 5.41) is 3.18. The Hall–Kier alpha value is -1.69. The molecular weight excluding hydrogens is 254 g/mol. The lowest BCUT2D eigenvalue weighted by atomic mass is 10.3. The van der Waals surface area contributed by atoms with Crippen molar-refractivity contribution in [3.8, 4) is 0 Å². The number of hydrogen-bond acceptors (Lipinski definition) is 5. The average Bonchev–Trinajstić information content (AvgIpc) is 2.43. The quantitative estimate of drug-likeness (QED) is 0.676. The molecule has 0 aromatic carbocycles. The van der Waals surface area contributed by atoms with Crippen LogP contribution in [0.2, 0.25) is 0 Å². The van der Waals surface area contributed by atoms with Crippen molar-refractivity contribution >= 4 is 11.7 Å². The van der Waals surface area contributed by atoms with Crippen molar-refractivity contribution in [2.45, 2.75) is 39.7 Å². The Labute approximate surface area is 120 Å². The Kier molecular flexibility index (Phi) is 7.57. The monoisotopic (exact) mass is 279 g/mol. The van der Waals surface area contributed by atoms with Gasteiger partial charge in [-0.3, -0.25) is 14.7 Å². The van der Waals surface area contributed by atoms with E-state index in [1.54, 1.807) is 12.4 Å². The maximum Gasteiger partial charge on any atom is 0.231 e. The molecule has 20 heavy (non-hydrogen) atoms. The van der Waals surface area contributed by atoms with E-state index >= 15 is 0 Å². The maximum absolute atomic E-state index is 11.1. The zero-order valence-corrected chi connectivity index (χ0v) is 12.4. The van der Waals surface area contributed by atoms with Crippen LogP contribution >= 0.6 is 0 Å². The van der Waals surface area contributed by atoms with Crippen LogP contribution in [0.4, 0.5) is 5.82 Å². The van der Waals surface area contributed by atoms with Crippen LogP contribution in [0.1, 0.15) is 38.8 Å². The Morgan fingerprint density at radius 2 is 2.10 bits per heavy atom. The maximum atomic E-state index is 11.1. The second-order valence-corrected chi connectivity index (χ2v) is 4.85. The Morgan fingerprint density at radius 1 is 1.30 bits per heavy atom. The molecule has 0 saturated heterocycles. The normalized spacial score (nSPS) is 10.8. The topological polar surface area (TPSA) is 84.1 Å². The number of aromatic nitrogens is 2. The smallest absolute Gasteiger partial charge is 0.231 e. The molecule has 0 aliphatic rings. The highest BCUT2D eigenvalue weighted by atomic mass is 16.1. The standard InChI is InChI=1S/C14H25N5O/c1-3-5-7-19(11-13(15)20)10-12-8-18-14(9-17-12)16-6-4-2/h8-9H,3-7,10-11H2,1-2H3,(H2,15,20)(H,16,18). The second kappa shape index (κ2) is 9.25. The lowest BCUT2D eigenvalue weighted by Gasteiger charge is -2.19. The summed E-state index contributed by atoms with van der Waals surface area (Å²) in [5.74, 6) is 0.473. The van der Waals surface area contributed by atoms with Gasteiger partial charge in [-0.25, -0.2) is 4.98 Å². The van der Waals surface area contributed by atoms with Crippen LogP contribution in [-0.4, -0.2) is 40.4 Å². The predicted molar refractivity (Wildman–Crippen MR) is 80.2 cm³/mol. The van der Waals surface area contributed by atoms with Gasteiger partial charge in [-0.2, -0.15) is 0 Å². The van der Waals surface area contributed by atoms with E-state index in [2.05, 4.69) is 29.1 Å². The number of carbonyl (C=O) groups is 1. The van der Waals surface area contributed by atoms with Crippen LogP contribution in [0, 0.1) is 0 Å². The number of anilines is 1. The number of nitrogens with two attached hydrogens (primary N) is 1. The third kappa shape index (κ3) is 6.47. The molecule has 1 heterocycles. The minimum absolute atomic E-state index is 0.261. The first-order valence-corrected chi connectivity index (χ1v) is 7.21. The minimum atomic E-state index is -0.310. The van der Waals surface area contributed by atoms with Crippen LogP contribution in [0.25, 0.3) is 0 Å². The summed E-state index contributed by atoms with van der Waals surface area (Å²) in [5.41, 5.74) is 6.12. The fourth-order valence-corrected chi connectivity index (χ4v) is 1.83. The highest BCUT2D eigenvalue weighted by Gasteiger charge is 2.09. The van der Waals surface area contributed by atoms with Gasteiger partial charge in [0.1, 0.15) is 5.82 Å². The number of hydrogen-bond donors (Lipinski definition) is 2. The van der Waals surface area contributed by atoms with E-state index in [1.807, 2.05) is 4.90 Å². The molecule has 0 spiro atoms. The third-order valence-corrected chi connectivity index (χ3v) is 2.85. The third-order valence-electron chi connectivity index (χ3n) is 2.85. The summed E-state index contributed by atoms with van der Waals surface area (Å²) in [4.78, 5) is 21.8. The Balaban J connectivity index is 2.55. The van der Waals surface area contributed by atoms with Crippen LogP contribution in [-0.2, 0) is 11.3 Å². The molecule has 6 heteroatoms. The van der Waals surface area contributed by atoms with Gasteiger partial charge in [0.05, 0.1) is 24.6 Å². The first-order chi connectivity index (χ1) is 9.65. The summed E-state index contributed by atoms with van der Waals surface area (Å²) in [6.07, 6.45) is 6.65. The molecule has 0 aliphatic heterocycles. The summed E-state index contributed by atoms with van der Waals surface area (Å²) >= 11 is 0. The van der Waals surface area contributed by atoms with E-state index in [4.69, 9.17) is 5.73 Å². The van der Waals surface area contributed by atoms with Crippen molar-refractivity contribution in [1.29, 1.82) is 0 Å². The first kappa shape index (κ1) is 16.4. The molecule has 0 radical (unpaired) electrons. The van der Waals surface area contributed by atoms with E-state index in [1.165, 1.54) is 0 Å². The van der Waals surface area contributed by atoms with Crippen molar-refractivity contribution in [3.05, 3.63) is 18.1 Å². The molecule has 0 aliphatic carbocycles. The molecule has 0 fully saturated rings. The molecule has 1 aromatic rings. The molecule has 0 atom stereocenters. The van der Waals surface area contributed by atoms with Gasteiger partial charge in [0, 0.05) is 13.1 Å². The molecule has 6 nitrogen and oxygen atoms in total. The zero-order chi connectivity index (χ0) is 14.8. The first-order valence-electron chi connectivity index (χ1n) is 7.21. The highest BCUT2D eigenvalue weighted by molar-refractivity contribution is 5.75. The van der Waals surface area contributed by atoms with E-state index in [9.17, 15) is 4.79 Å². The lowest BCUT2D eigenvalue weighted by Crippen LogP contribution is -2.34. The molecule has 1 aromatic heterocycles. The number of nitrogens with zero attached hydrogens (tertiary/aromatic N) is 3. The van der Waals surface area contributed by atoms with Crippen LogP contribution in [0.5, 0.6) is 0 Å². The summed E-state index contributed by atoms with van der Waals surface area (Å²) in [6, 6.07) is 0. The van der Waals surface area contributed by atoms with E-state index in [0.29, 0.717) is 6.54 Å². The Bertz CT molecular complexity index is 393.